The Hall–Kier alpha value is -6.87. The molecule has 596 valence electrons. The Morgan fingerprint density at radius 3 is 1.06 bits per heavy atom. The number of esters is 5. The predicted molar refractivity (Wildman–Crippen MR) is 418 cm³/mol. The zero-order chi connectivity index (χ0) is 77.6. The highest BCUT2D eigenvalue weighted by Gasteiger charge is 2.57. The first-order chi connectivity index (χ1) is 52.1. The second-order valence-corrected chi connectivity index (χ2v) is 31.8. The van der Waals surface area contributed by atoms with Crippen molar-refractivity contribution in [3.8, 4) is 0 Å². The van der Waals surface area contributed by atoms with Gasteiger partial charge in [0.15, 0.2) is 37.0 Å². The first-order valence-corrected chi connectivity index (χ1v) is 40.5. The minimum atomic E-state index is -1.95. The van der Waals surface area contributed by atoms with Crippen LogP contribution in [0.1, 0.15) is 249 Å². The average Bonchev–Trinajstić information content (AvgIpc) is 0.768. The zero-order valence-corrected chi connectivity index (χ0v) is 66.2. The average molecular weight is 1500 g/mol. The number of benzene rings is 5. The molecule has 7 rings (SSSR count). The van der Waals surface area contributed by atoms with E-state index < -0.39 is 111 Å². The number of carbonyl (C=O) groups excluding carboxylic acids is 5. The van der Waals surface area contributed by atoms with Gasteiger partial charge in [-0.15, -0.1) is 0 Å². The molecule has 5 aromatic rings. The van der Waals surface area contributed by atoms with Crippen LogP contribution < -0.4 is 0 Å². The maximum atomic E-state index is 14.9. The molecule has 17 atom stereocenters. The molecular weight excluding hydrogens is 1370 g/mol. The highest BCUT2D eigenvalue weighted by atomic mass is 16.8. The van der Waals surface area contributed by atoms with Crippen molar-refractivity contribution in [1.29, 1.82) is 0 Å². The van der Waals surface area contributed by atoms with Crippen molar-refractivity contribution in [3.63, 3.8) is 0 Å². The summed E-state index contributed by atoms with van der Waals surface area (Å²) in [6.45, 7) is 22.5. The topological polar surface area (TPSA) is 227 Å². The van der Waals surface area contributed by atoms with Crippen LogP contribution in [0.3, 0.4) is 0 Å². The van der Waals surface area contributed by atoms with Gasteiger partial charge < -0.3 is 62.3 Å². The van der Waals surface area contributed by atoms with Crippen LogP contribution in [-0.2, 0) is 52.1 Å². The molecule has 0 aromatic heterocycles. The molecule has 0 bridgehead atoms. The lowest BCUT2D eigenvalue weighted by Gasteiger charge is -2.48. The molecule has 2 aliphatic rings. The zero-order valence-electron chi connectivity index (χ0n) is 66.2. The Bertz CT molecular complexity index is 3290. The predicted octanol–water partition coefficient (Wildman–Crippen LogP) is 18.3. The van der Waals surface area contributed by atoms with Gasteiger partial charge in [-0.3, -0.25) is 0 Å². The fraction of sp³-hybridized carbons (Fsp3) is 0.611. The lowest BCUT2D eigenvalue weighted by Crippen LogP contribution is -2.67. The van der Waals surface area contributed by atoms with Crippen LogP contribution in [0.2, 0.25) is 0 Å². The molecule has 108 heavy (non-hydrogen) atoms. The number of rotatable bonds is 50. The molecule has 0 saturated carbocycles. The summed E-state index contributed by atoms with van der Waals surface area (Å²) in [5, 5.41) is 23.0. The molecule has 2 fully saturated rings. The summed E-state index contributed by atoms with van der Waals surface area (Å²) in [6, 6.07) is 40.2. The van der Waals surface area contributed by atoms with E-state index in [0.29, 0.717) is 36.9 Å². The third-order valence-electron chi connectivity index (χ3n) is 21.1. The summed E-state index contributed by atoms with van der Waals surface area (Å²) in [6.07, 6.45) is 5.43. The van der Waals surface area contributed by atoms with Crippen LogP contribution in [0, 0.1) is 47.3 Å². The molecule has 2 saturated heterocycles. The van der Waals surface area contributed by atoms with Gasteiger partial charge in [0.1, 0.15) is 37.1 Å². The van der Waals surface area contributed by atoms with E-state index in [4.69, 9.17) is 52.1 Å². The molecule has 0 aliphatic carbocycles. The normalized spacial score (nSPS) is 22.1. The molecule has 2 heterocycles. The number of hydrogen-bond donors (Lipinski definition) is 2. The Morgan fingerprint density at radius 1 is 0.361 bits per heavy atom. The van der Waals surface area contributed by atoms with Crippen molar-refractivity contribution >= 4 is 29.8 Å². The Morgan fingerprint density at radius 2 is 0.685 bits per heavy atom. The number of aliphatic hydroxyl groups excluding tert-OH is 2. The van der Waals surface area contributed by atoms with Crippen LogP contribution in [0.25, 0.3) is 0 Å². The van der Waals surface area contributed by atoms with Crippen molar-refractivity contribution in [2.75, 3.05) is 39.6 Å². The standard InChI is InChI=1S/C90H128O18/c1-62(2)32-26-34-64(5)36-28-38-66(7)40-30-42-68(9)54-56-98-59-75(99-57-55-69(10)43-31-41-67(8)39-29-37-65(6)35-27-33-63(3)4)60-101-89-83(107-88(97)74-52-24-15-25-53-74)81(105-86(95)72-48-20-13-21-49-72)79(77(103-89)61-100-84(93)70-44-16-11-17-45-70)108-90-82(106-87(96)73-50-22-14-23-51-73)80(78(92)76(58-91)102-90)104-85(94)71-46-18-12-19-47-71/h11-25,44-53,62-69,75-83,89-92H,26-43,54-61H2,1-10H3/t64?,65?,66?,67?,68?,69?,75?,76?,77?,78-,79+,80?,81?,82-,83-,89+,90-/m0/s1. The van der Waals surface area contributed by atoms with E-state index in [1.54, 1.807) is 115 Å². The van der Waals surface area contributed by atoms with E-state index in [1.807, 2.05) is 0 Å². The van der Waals surface area contributed by atoms with E-state index in [9.17, 15) is 34.2 Å². The molecular formula is C90H128O18. The van der Waals surface area contributed by atoms with Crippen molar-refractivity contribution in [2.24, 2.45) is 47.3 Å². The molecule has 2 aliphatic heterocycles. The SMILES string of the molecule is CC(C)CCCC(C)CCCC(C)CCCC(C)CCOCC(CO[C@@H]1OC(COC(=O)c2ccccc2)[C@@H](O[C@@H]2OC(CO)[C@H](O)C(OC(=O)c3ccccc3)[C@@H]2OC(=O)c2ccccc2)C(OC(=O)c2ccccc2)[C@@H]1OC(=O)c1ccccc1)OCCC(C)CCCC(C)CCCC(C)CCCC(C)C. The highest BCUT2D eigenvalue weighted by Crippen LogP contribution is 2.37. The van der Waals surface area contributed by atoms with Crippen LogP contribution in [0.5, 0.6) is 0 Å². The lowest BCUT2D eigenvalue weighted by molar-refractivity contribution is -0.358. The van der Waals surface area contributed by atoms with Gasteiger partial charge in [-0.05, 0) is 121 Å². The summed E-state index contributed by atoms with van der Waals surface area (Å²) in [7, 11) is 0. The summed E-state index contributed by atoms with van der Waals surface area (Å²) >= 11 is 0. The fourth-order valence-corrected chi connectivity index (χ4v) is 14.2. The van der Waals surface area contributed by atoms with E-state index in [-0.39, 0.29) is 41.0 Å². The van der Waals surface area contributed by atoms with Gasteiger partial charge in [-0.2, -0.15) is 0 Å². The smallest absolute Gasteiger partial charge is 0.338 e. The Labute approximate surface area is 644 Å². The van der Waals surface area contributed by atoms with Crippen molar-refractivity contribution < 1.29 is 86.3 Å². The largest absolute Gasteiger partial charge is 0.459 e. The first-order valence-electron chi connectivity index (χ1n) is 40.5. The van der Waals surface area contributed by atoms with Crippen molar-refractivity contribution in [1.82, 2.24) is 0 Å². The minimum Gasteiger partial charge on any atom is -0.459 e. The molecule has 18 nitrogen and oxygen atoms in total. The number of aliphatic hydroxyl groups is 2. The number of ether oxygens (including phenoxy) is 11. The number of carbonyl (C=O) groups is 5. The molecule has 5 aromatic carbocycles. The van der Waals surface area contributed by atoms with Crippen molar-refractivity contribution in [3.05, 3.63) is 179 Å². The fourth-order valence-electron chi connectivity index (χ4n) is 14.2. The van der Waals surface area contributed by atoms with E-state index in [1.165, 1.54) is 120 Å². The molecule has 18 heteroatoms. The molecule has 0 radical (unpaired) electrons. The minimum absolute atomic E-state index is 0.0575. The second-order valence-electron chi connectivity index (χ2n) is 31.8. The van der Waals surface area contributed by atoms with Gasteiger partial charge >= 0.3 is 29.8 Å². The van der Waals surface area contributed by atoms with Crippen LogP contribution in [-0.4, -0.2) is 147 Å². The Kier molecular flexibility index (Phi) is 39.8. The van der Waals surface area contributed by atoms with Crippen LogP contribution in [0.4, 0.5) is 0 Å². The van der Waals surface area contributed by atoms with Gasteiger partial charge in [0.25, 0.3) is 0 Å². The highest BCUT2D eigenvalue weighted by molar-refractivity contribution is 5.92. The molecule has 11 unspecified atom stereocenters. The van der Waals surface area contributed by atoms with Gasteiger partial charge in [0.2, 0.25) is 0 Å². The van der Waals surface area contributed by atoms with Crippen LogP contribution >= 0.6 is 0 Å². The van der Waals surface area contributed by atoms with E-state index >= 15 is 0 Å². The summed E-state index contributed by atoms with van der Waals surface area (Å²) in [4.78, 5) is 72.3. The van der Waals surface area contributed by atoms with Crippen molar-refractivity contribution in [2.45, 2.75) is 265 Å². The van der Waals surface area contributed by atoms with E-state index in [0.717, 1.165) is 68.6 Å². The second kappa shape index (κ2) is 48.7. The van der Waals surface area contributed by atoms with Gasteiger partial charge in [-0.1, -0.05) is 276 Å². The summed E-state index contributed by atoms with van der Waals surface area (Å²) < 4.78 is 71.9. The maximum absolute atomic E-state index is 14.9. The third kappa shape index (κ3) is 31.5. The number of hydrogen-bond acceptors (Lipinski definition) is 18. The lowest BCUT2D eigenvalue weighted by atomic mass is 9.91. The van der Waals surface area contributed by atoms with Crippen LogP contribution in [0.15, 0.2) is 152 Å². The first kappa shape index (κ1) is 88.3. The molecule has 0 amide bonds. The molecule has 0 spiro atoms. The third-order valence-corrected chi connectivity index (χ3v) is 21.1. The maximum Gasteiger partial charge on any atom is 0.338 e. The summed E-state index contributed by atoms with van der Waals surface area (Å²) in [5.41, 5.74) is 0.504. The van der Waals surface area contributed by atoms with E-state index in [2.05, 4.69) is 69.2 Å². The van der Waals surface area contributed by atoms with Gasteiger partial charge in [0, 0.05) is 13.2 Å². The molecule has 2 N–H and O–H groups in total. The Balaban J connectivity index is 1.18. The quantitative estimate of drug-likeness (QED) is 0.0210. The monoisotopic (exact) mass is 1500 g/mol. The van der Waals surface area contributed by atoms with Gasteiger partial charge in [-0.25, -0.2) is 24.0 Å². The summed E-state index contributed by atoms with van der Waals surface area (Å²) in [5.74, 6) is 0.637. The van der Waals surface area contributed by atoms with Gasteiger partial charge in [0.05, 0.1) is 47.6 Å².